The van der Waals surface area contributed by atoms with Gasteiger partial charge < -0.3 is 4.74 Å². The minimum absolute atomic E-state index is 0.241. The highest BCUT2D eigenvalue weighted by Gasteiger charge is 2.43. The van der Waals surface area contributed by atoms with E-state index in [1.54, 1.807) is 0 Å². The lowest BCUT2D eigenvalue weighted by atomic mass is 10.2. The largest absolute Gasteiger partial charge is 0.457 e. The normalized spacial score (nSPS) is 20.9. The molecule has 0 unspecified atom stereocenters. The first-order valence-electron chi connectivity index (χ1n) is 4.68. The van der Waals surface area contributed by atoms with Gasteiger partial charge in [0.15, 0.2) is 0 Å². The van der Waals surface area contributed by atoms with Crippen LogP contribution in [0.2, 0.25) is 0 Å². The number of thioether (sulfide) groups is 1. The van der Waals surface area contributed by atoms with Gasteiger partial charge in [-0.2, -0.15) is 0 Å². The number of esters is 1. The van der Waals surface area contributed by atoms with Crippen molar-refractivity contribution in [2.45, 2.75) is 31.4 Å². The molecule has 0 aromatic heterocycles. The maximum Gasteiger partial charge on any atom is 0.352 e. The second kappa shape index (κ2) is 4.08. The zero-order chi connectivity index (χ0) is 10.8. The molecule has 1 rings (SSSR count). The second-order valence-electron chi connectivity index (χ2n) is 4.24. The minimum atomic E-state index is -0.743. The average Bonchev–Trinajstić information content (AvgIpc) is 2.49. The SMILES string of the molecule is CSC1(C(=O)OC(C)(C)C)NCCN1. The van der Waals surface area contributed by atoms with Crippen molar-refractivity contribution in [1.82, 2.24) is 10.6 Å². The predicted octanol–water partition coefficient (Wildman–Crippen LogP) is 0.538. The Balaban J connectivity index is 2.66. The van der Waals surface area contributed by atoms with Crippen LogP contribution in [0.4, 0.5) is 0 Å². The molecule has 0 bridgehead atoms. The summed E-state index contributed by atoms with van der Waals surface area (Å²) in [6, 6.07) is 0. The van der Waals surface area contributed by atoms with Crippen LogP contribution in [0.15, 0.2) is 0 Å². The minimum Gasteiger partial charge on any atom is -0.457 e. The van der Waals surface area contributed by atoms with Crippen molar-refractivity contribution >= 4 is 17.7 Å². The van der Waals surface area contributed by atoms with Crippen molar-refractivity contribution in [3.05, 3.63) is 0 Å². The van der Waals surface area contributed by atoms with Crippen LogP contribution < -0.4 is 10.6 Å². The molecule has 0 spiro atoms. The summed E-state index contributed by atoms with van der Waals surface area (Å²) in [7, 11) is 0. The molecule has 1 saturated heterocycles. The summed E-state index contributed by atoms with van der Waals surface area (Å²) in [6.45, 7) is 7.19. The van der Waals surface area contributed by atoms with Gasteiger partial charge in [-0.1, -0.05) is 0 Å². The average molecular weight is 218 g/mol. The molecule has 5 heteroatoms. The first-order valence-corrected chi connectivity index (χ1v) is 5.91. The Morgan fingerprint density at radius 1 is 1.36 bits per heavy atom. The van der Waals surface area contributed by atoms with Crippen LogP contribution in [0.1, 0.15) is 20.8 Å². The quantitative estimate of drug-likeness (QED) is 0.662. The molecule has 2 N–H and O–H groups in total. The predicted molar refractivity (Wildman–Crippen MR) is 58.1 cm³/mol. The van der Waals surface area contributed by atoms with E-state index in [-0.39, 0.29) is 5.97 Å². The van der Waals surface area contributed by atoms with Crippen LogP contribution in [-0.4, -0.2) is 35.9 Å². The fourth-order valence-corrected chi connectivity index (χ4v) is 1.96. The van der Waals surface area contributed by atoms with Crippen LogP contribution in [0.3, 0.4) is 0 Å². The van der Waals surface area contributed by atoms with E-state index in [0.29, 0.717) is 0 Å². The summed E-state index contributed by atoms with van der Waals surface area (Å²) < 4.78 is 5.33. The van der Waals surface area contributed by atoms with E-state index in [4.69, 9.17) is 4.74 Å². The van der Waals surface area contributed by atoms with Crippen LogP contribution in [0, 0.1) is 0 Å². The van der Waals surface area contributed by atoms with Gasteiger partial charge in [0.2, 0.25) is 4.99 Å². The molecule has 1 aliphatic rings. The molecule has 4 nitrogen and oxygen atoms in total. The maximum atomic E-state index is 11.8. The molecule has 0 aliphatic carbocycles. The van der Waals surface area contributed by atoms with Crippen LogP contribution in [-0.2, 0) is 9.53 Å². The summed E-state index contributed by atoms with van der Waals surface area (Å²) in [5, 5.41) is 6.24. The molecule has 14 heavy (non-hydrogen) atoms. The van der Waals surface area contributed by atoms with E-state index in [9.17, 15) is 4.79 Å². The first kappa shape index (κ1) is 11.8. The van der Waals surface area contributed by atoms with Crippen molar-refractivity contribution in [1.29, 1.82) is 0 Å². The summed E-state index contributed by atoms with van der Waals surface area (Å²) >= 11 is 1.43. The first-order chi connectivity index (χ1) is 6.40. The summed E-state index contributed by atoms with van der Waals surface area (Å²) in [5.41, 5.74) is -0.439. The van der Waals surface area contributed by atoms with Crippen molar-refractivity contribution in [2.75, 3.05) is 19.3 Å². The van der Waals surface area contributed by atoms with Gasteiger partial charge in [-0.3, -0.25) is 10.6 Å². The topological polar surface area (TPSA) is 50.4 Å². The number of hydrogen-bond acceptors (Lipinski definition) is 5. The fourth-order valence-electron chi connectivity index (χ4n) is 1.26. The number of carbonyl (C=O) groups excluding carboxylic acids is 1. The van der Waals surface area contributed by atoms with Gasteiger partial charge in [-0.05, 0) is 27.0 Å². The van der Waals surface area contributed by atoms with E-state index in [1.165, 1.54) is 11.8 Å². The maximum absolute atomic E-state index is 11.8. The molecule has 1 aliphatic heterocycles. The van der Waals surface area contributed by atoms with Gasteiger partial charge >= 0.3 is 5.97 Å². The highest BCUT2D eigenvalue weighted by Crippen LogP contribution is 2.23. The monoisotopic (exact) mass is 218 g/mol. The lowest BCUT2D eigenvalue weighted by molar-refractivity contribution is -0.159. The van der Waals surface area contributed by atoms with E-state index in [1.807, 2.05) is 27.0 Å². The molecular formula is C9H18N2O2S. The lowest BCUT2D eigenvalue weighted by Crippen LogP contribution is -2.55. The molecule has 0 saturated carbocycles. The second-order valence-corrected chi connectivity index (χ2v) is 5.26. The number of rotatable bonds is 2. The van der Waals surface area contributed by atoms with E-state index in [2.05, 4.69) is 10.6 Å². The van der Waals surface area contributed by atoms with E-state index >= 15 is 0 Å². The molecule has 1 heterocycles. The van der Waals surface area contributed by atoms with Gasteiger partial charge in [-0.15, -0.1) is 11.8 Å². The van der Waals surface area contributed by atoms with Crippen molar-refractivity contribution < 1.29 is 9.53 Å². The third-order valence-corrected chi connectivity index (χ3v) is 2.93. The highest BCUT2D eigenvalue weighted by molar-refractivity contribution is 8.00. The van der Waals surface area contributed by atoms with Gasteiger partial charge in [0.1, 0.15) is 5.60 Å². The molecular weight excluding hydrogens is 200 g/mol. The third kappa shape index (κ3) is 2.62. The third-order valence-electron chi connectivity index (χ3n) is 1.87. The Kier molecular flexibility index (Phi) is 3.44. The number of nitrogens with one attached hydrogen (secondary N) is 2. The number of hydrogen-bond donors (Lipinski definition) is 2. The Labute approximate surface area is 89.2 Å². The molecule has 82 valence electrons. The zero-order valence-electron chi connectivity index (χ0n) is 9.14. The summed E-state index contributed by atoms with van der Waals surface area (Å²) in [6.07, 6.45) is 1.88. The summed E-state index contributed by atoms with van der Waals surface area (Å²) in [5.74, 6) is -0.241. The molecule has 0 amide bonds. The Hall–Kier alpha value is -0.260. The molecule has 0 atom stereocenters. The standard InChI is InChI=1S/C9H18N2O2S/c1-8(2,3)13-7(12)9(14-4)10-5-6-11-9/h10-11H,5-6H2,1-4H3. The van der Waals surface area contributed by atoms with E-state index < -0.39 is 10.6 Å². The Morgan fingerprint density at radius 3 is 2.21 bits per heavy atom. The molecule has 0 radical (unpaired) electrons. The van der Waals surface area contributed by atoms with Crippen molar-refractivity contribution in [3.63, 3.8) is 0 Å². The zero-order valence-corrected chi connectivity index (χ0v) is 9.96. The number of ether oxygens (including phenoxy) is 1. The Morgan fingerprint density at radius 2 is 1.86 bits per heavy atom. The Bertz CT molecular complexity index is 219. The molecule has 0 aromatic rings. The lowest BCUT2D eigenvalue weighted by Gasteiger charge is -2.29. The van der Waals surface area contributed by atoms with Crippen molar-refractivity contribution in [2.24, 2.45) is 0 Å². The summed E-state index contributed by atoms with van der Waals surface area (Å²) in [4.78, 5) is 11.1. The van der Waals surface area contributed by atoms with Crippen LogP contribution in [0.5, 0.6) is 0 Å². The van der Waals surface area contributed by atoms with Crippen LogP contribution in [0.25, 0.3) is 0 Å². The number of carbonyl (C=O) groups is 1. The van der Waals surface area contributed by atoms with E-state index in [0.717, 1.165) is 13.1 Å². The van der Waals surface area contributed by atoms with Crippen LogP contribution >= 0.6 is 11.8 Å². The van der Waals surface area contributed by atoms with Gasteiger partial charge in [0.25, 0.3) is 0 Å². The van der Waals surface area contributed by atoms with Crippen molar-refractivity contribution in [3.8, 4) is 0 Å². The highest BCUT2D eigenvalue weighted by atomic mass is 32.2. The smallest absolute Gasteiger partial charge is 0.352 e. The molecule has 1 fully saturated rings. The fraction of sp³-hybridized carbons (Fsp3) is 0.889. The van der Waals surface area contributed by atoms with Gasteiger partial charge in [0.05, 0.1) is 0 Å². The van der Waals surface area contributed by atoms with Gasteiger partial charge in [0, 0.05) is 13.1 Å². The van der Waals surface area contributed by atoms with Gasteiger partial charge in [-0.25, -0.2) is 4.79 Å². The molecule has 0 aromatic carbocycles.